The summed E-state index contributed by atoms with van der Waals surface area (Å²) in [4.78, 5) is 15.1. The van der Waals surface area contributed by atoms with Gasteiger partial charge in [-0.05, 0) is 12.0 Å². The van der Waals surface area contributed by atoms with Crippen molar-refractivity contribution in [3.05, 3.63) is 22.5 Å². The number of aromatic carboxylic acids is 1. The average Bonchev–Trinajstić information content (AvgIpc) is 2.59. The quantitative estimate of drug-likeness (QED) is 0.789. The first-order valence-corrected chi connectivity index (χ1v) is 5.16. The fourth-order valence-corrected chi connectivity index (χ4v) is 1.79. The van der Waals surface area contributed by atoms with Gasteiger partial charge in [-0.15, -0.1) is 0 Å². The van der Waals surface area contributed by atoms with Gasteiger partial charge >= 0.3 is 5.97 Å². The Kier molecular flexibility index (Phi) is 2.55. The smallest absolute Gasteiger partial charge is 0.336 e. The Morgan fingerprint density at radius 1 is 1.56 bits per heavy atom. The number of nitrogens with zero attached hydrogens (tertiary/aromatic N) is 2. The Morgan fingerprint density at radius 3 is 2.81 bits per heavy atom. The highest BCUT2D eigenvalue weighted by Crippen LogP contribution is 2.27. The summed E-state index contributed by atoms with van der Waals surface area (Å²) in [6.07, 6.45) is 0. The van der Waals surface area contributed by atoms with Crippen LogP contribution >= 0.6 is 11.6 Å². The molecule has 0 spiro atoms. The van der Waals surface area contributed by atoms with Crippen LogP contribution in [-0.4, -0.2) is 26.3 Å². The van der Waals surface area contributed by atoms with Crippen molar-refractivity contribution in [1.29, 1.82) is 0 Å². The van der Waals surface area contributed by atoms with E-state index in [1.807, 2.05) is 13.8 Å². The number of nitrogens with one attached hydrogen (secondary N) is 1. The maximum absolute atomic E-state index is 11.1. The highest BCUT2D eigenvalue weighted by atomic mass is 35.5. The monoisotopic (exact) mass is 239 g/mol. The summed E-state index contributed by atoms with van der Waals surface area (Å²) in [7, 11) is 0. The van der Waals surface area contributed by atoms with Crippen LogP contribution in [0.3, 0.4) is 0 Å². The standard InChI is InChI=1S/C10H10ClN3O2/c1-4(2)8-7-5(10(15)16)3-6(11)12-9(7)14-13-8/h3-4H,1-2H3,(H,15,16)(H,12,13,14). The molecule has 0 atom stereocenters. The van der Waals surface area contributed by atoms with E-state index in [0.717, 1.165) is 5.69 Å². The summed E-state index contributed by atoms with van der Waals surface area (Å²) >= 11 is 5.73. The van der Waals surface area contributed by atoms with Crippen molar-refractivity contribution in [2.24, 2.45) is 0 Å². The molecule has 2 aromatic heterocycles. The number of carboxylic acid groups (broad SMARTS) is 1. The summed E-state index contributed by atoms with van der Waals surface area (Å²) in [5.41, 5.74) is 1.23. The molecule has 0 aromatic carbocycles. The number of hydrogen-bond donors (Lipinski definition) is 2. The topological polar surface area (TPSA) is 78.9 Å². The molecule has 0 amide bonds. The summed E-state index contributed by atoms with van der Waals surface area (Å²) in [6.45, 7) is 3.90. The molecule has 6 heteroatoms. The molecule has 2 aromatic rings. The van der Waals surface area contributed by atoms with Crippen LogP contribution in [0.1, 0.15) is 35.8 Å². The Morgan fingerprint density at radius 2 is 2.25 bits per heavy atom. The van der Waals surface area contributed by atoms with Gasteiger partial charge in [0.2, 0.25) is 0 Å². The van der Waals surface area contributed by atoms with Crippen LogP contribution in [0.2, 0.25) is 5.15 Å². The van der Waals surface area contributed by atoms with Gasteiger partial charge in [-0.1, -0.05) is 25.4 Å². The zero-order valence-corrected chi connectivity index (χ0v) is 9.54. The molecule has 0 radical (unpaired) electrons. The SMILES string of the molecule is CC(C)c1[nH]nc2nc(Cl)cc(C(=O)O)c12. The second-order valence-corrected chi connectivity index (χ2v) is 4.18. The van der Waals surface area contributed by atoms with E-state index in [9.17, 15) is 4.79 Å². The van der Waals surface area contributed by atoms with Crippen LogP contribution < -0.4 is 0 Å². The second kappa shape index (κ2) is 3.75. The zero-order valence-electron chi connectivity index (χ0n) is 8.78. The predicted octanol–water partition coefficient (Wildman–Crippen LogP) is 2.43. The number of aromatic nitrogens is 3. The van der Waals surface area contributed by atoms with E-state index in [0.29, 0.717) is 11.0 Å². The molecular weight excluding hydrogens is 230 g/mol. The highest BCUT2D eigenvalue weighted by Gasteiger charge is 2.18. The Labute approximate surface area is 96.4 Å². The van der Waals surface area contributed by atoms with Gasteiger partial charge in [0.15, 0.2) is 5.65 Å². The van der Waals surface area contributed by atoms with E-state index < -0.39 is 5.97 Å². The molecule has 2 N–H and O–H groups in total. The van der Waals surface area contributed by atoms with Crippen molar-refractivity contribution < 1.29 is 9.90 Å². The van der Waals surface area contributed by atoms with Gasteiger partial charge in [-0.25, -0.2) is 9.78 Å². The predicted molar refractivity (Wildman–Crippen MR) is 59.9 cm³/mol. The van der Waals surface area contributed by atoms with Crippen LogP contribution in [0.5, 0.6) is 0 Å². The lowest BCUT2D eigenvalue weighted by Crippen LogP contribution is -2.00. The normalized spacial score (nSPS) is 11.2. The van der Waals surface area contributed by atoms with Gasteiger partial charge < -0.3 is 5.11 Å². The molecule has 0 aliphatic rings. The lowest BCUT2D eigenvalue weighted by atomic mass is 10.0. The van der Waals surface area contributed by atoms with E-state index in [1.165, 1.54) is 6.07 Å². The number of H-pyrrole nitrogens is 1. The fourth-order valence-electron chi connectivity index (χ4n) is 1.60. The van der Waals surface area contributed by atoms with Gasteiger partial charge in [0.1, 0.15) is 5.15 Å². The molecule has 16 heavy (non-hydrogen) atoms. The zero-order chi connectivity index (χ0) is 11.9. The third-order valence-electron chi connectivity index (χ3n) is 2.33. The Hall–Kier alpha value is -1.62. The van der Waals surface area contributed by atoms with Crippen molar-refractivity contribution in [1.82, 2.24) is 15.2 Å². The van der Waals surface area contributed by atoms with Crippen LogP contribution in [0.15, 0.2) is 6.07 Å². The number of carboxylic acids is 1. The molecule has 2 heterocycles. The molecule has 0 unspecified atom stereocenters. The first-order valence-electron chi connectivity index (χ1n) is 4.78. The lowest BCUT2D eigenvalue weighted by molar-refractivity contribution is 0.0699. The summed E-state index contributed by atoms with van der Waals surface area (Å²) in [6, 6.07) is 1.34. The molecule has 2 rings (SSSR count). The molecule has 0 bridgehead atoms. The van der Waals surface area contributed by atoms with Crippen LogP contribution in [0, 0.1) is 0 Å². The van der Waals surface area contributed by atoms with Crippen molar-refractivity contribution in [2.75, 3.05) is 0 Å². The maximum Gasteiger partial charge on any atom is 0.336 e. The Balaban J connectivity index is 2.84. The number of halogens is 1. The van der Waals surface area contributed by atoms with E-state index >= 15 is 0 Å². The number of hydrogen-bond acceptors (Lipinski definition) is 3. The molecule has 0 aliphatic heterocycles. The molecule has 0 saturated carbocycles. The largest absolute Gasteiger partial charge is 0.478 e. The maximum atomic E-state index is 11.1. The third-order valence-corrected chi connectivity index (χ3v) is 2.52. The van der Waals surface area contributed by atoms with Gasteiger partial charge in [-0.2, -0.15) is 5.10 Å². The van der Waals surface area contributed by atoms with E-state index in [2.05, 4.69) is 15.2 Å². The molecule has 84 valence electrons. The van der Waals surface area contributed by atoms with Crippen LogP contribution in [0.4, 0.5) is 0 Å². The fraction of sp³-hybridized carbons (Fsp3) is 0.300. The van der Waals surface area contributed by atoms with Gasteiger partial charge in [-0.3, -0.25) is 5.10 Å². The van der Waals surface area contributed by atoms with Gasteiger partial charge in [0.25, 0.3) is 0 Å². The van der Waals surface area contributed by atoms with Crippen molar-refractivity contribution >= 4 is 28.6 Å². The number of pyridine rings is 1. The van der Waals surface area contributed by atoms with Crippen molar-refractivity contribution in [2.45, 2.75) is 19.8 Å². The van der Waals surface area contributed by atoms with E-state index in [4.69, 9.17) is 16.7 Å². The van der Waals surface area contributed by atoms with Gasteiger partial charge in [0, 0.05) is 5.69 Å². The van der Waals surface area contributed by atoms with Crippen LogP contribution in [-0.2, 0) is 0 Å². The first-order chi connectivity index (χ1) is 7.50. The molecule has 0 aliphatic carbocycles. The highest BCUT2D eigenvalue weighted by molar-refractivity contribution is 6.30. The second-order valence-electron chi connectivity index (χ2n) is 3.79. The van der Waals surface area contributed by atoms with Gasteiger partial charge in [0.05, 0.1) is 10.9 Å². The average molecular weight is 240 g/mol. The molecule has 0 saturated heterocycles. The number of carbonyl (C=O) groups is 1. The molecule has 5 nitrogen and oxygen atoms in total. The summed E-state index contributed by atoms with van der Waals surface area (Å²) < 4.78 is 0. The summed E-state index contributed by atoms with van der Waals surface area (Å²) in [5.74, 6) is -0.885. The Bertz CT molecular complexity index is 562. The molecule has 0 fully saturated rings. The number of rotatable bonds is 2. The minimum atomic E-state index is -1.03. The lowest BCUT2D eigenvalue weighted by Gasteiger charge is -2.04. The van der Waals surface area contributed by atoms with E-state index in [-0.39, 0.29) is 16.6 Å². The van der Waals surface area contributed by atoms with E-state index in [1.54, 1.807) is 0 Å². The minimum absolute atomic E-state index is 0.131. The van der Waals surface area contributed by atoms with Crippen LogP contribution in [0.25, 0.3) is 11.0 Å². The number of aromatic amines is 1. The number of fused-ring (bicyclic) bond motifs is 1. The van der Waals surface area contributed by atoms with Crippen molar-refractivity contribution in [3.63, 3.8) is 0 Å². The molecular formula is C10H10ClN3O2. The first kappa shape index (κ1) is 10.9. The summed E-state index contributed by atoms with van der Waals surface area (Å²) in [5, 5.41) is 16.5. The third kappa shape index (κ3) is 1.63. The van der Waals surface area contributed by atoms with Crippen molar-refractivity contribution in [3.8, 4) is 0 Å². The minimum Gasteiger partial charge on any atom is -0.478 e.